The lowest BCUT2D eigenvalue weighted by Gasteiger charge is -2.30. The highest BCUT2D eigenvalue weighted by Gasteiger charge is 2.29. The van der Waals surface area contributed by atoms with Gasteiger partial charge < -0.3 is 25.0 Å². The van der Waals surface area contributed by atoms with Crippen molar-refractivity contribution in [3.8, 4) is 0 Å². The first-order valence-electron chi connectivity index (χ1n) is 10.1. The number of nitrogens with one attached hydrogen (secondary N) is 2. The van der Waals surface area contributed by atoms with Gasteiger partial charge in [-0.2, -0.15) is 11.8 Å². The van der Waals surface area contributed by atoms with Crippen molar-refractivity contribution in [2.75, 3.05) is 37.8 Å². The van der Waals surface area contributed by atoms with Gasteiger partial charge in [0.05, 0.1) is 6.54 Å². The van der Waals surface area contributed by atoms with E-state index in [1.807, 2.05) is 11.8 Å². The monoisotopic (exact) mass is 443 g/mol. The van der Waals surface area contributed by atoms with Gasteiger partial charge in [0, 0.05) is 49.1 Å². The summed E-state index contributed by atoms with van der Waals surface area (Å²) in [6, 6.07) is 0.00573. The summed E-state index contributed by atoms with van der Waals surface area (Å²) < 4.78 is 9.96. The molecule has 3 amide bonds. The predicted molar refractivity (Wildman–Crippen MR) is 115 cm³/mol. The quantitative estimate of drug-likeness (QED) is 0.252. The van der Waals surface area contributed by atoms with E-state index < -0.39 is 12.1 Å². The number of alkyl carbamates (subject to hydrolysis) is 1. The standard InChI is InChI=1S/C20H33N3O6S/c1-14(2)19(26)28-9-7-21-20(27)29-10-11-30-13-17(12-15(3)22-16(4)24)23-8-5-6-18(23)25/h15,17H,1,5-13H2,2-4H3,(H,21,27)(H,22,24). The van der Waals surface area contributed by atoms with Crippen LogP contribution in [0, 0.1) is 0 Å². The number of carbonyl (C=O) groups is 4. The maximum atomic E-state index is 12.1. The first kappa shape index (κ1) is 25.8. The number of ether oxygens (including phenoxy) is 2. The second kappa shape index (κ2) is 13.9. The van der Waals surface area contributed by atoms with Crippen molar-refractivity contribution >= 4 is 35.6 Å². The Labute approximate surface area is 182 Å². The molecule has 0 aromatic carbocycles. The molecule has 1 saturated heterocycles. The predicted octanol–water partition coefficient (Wildman–Crippen LogP) is 1.47. The third kappa shape index (κ3) is 10.5. The SMILES string of the molecule is C=C(C)C(=O)OCCNC(=O)OCCSCC(CC(C)NC(C)=O)N1CCCC1=O. The molecule has 0 aromatic rings. The first-order valence-corrected chi connectivity index (χ1v) is 11.2. The largest absolute Gasteiger partial charge is 0.460 e. The van der Waals surface area contributed by atoms with Gasteiger partial charge in [-0.3, -0.25) is 9.59 Å². The van der Waals surface area contributed by atoms with Gasteiger partial charge in [-0.25, -0.2) is 9.59 Å². The number of rotatable bonds is 13. The van der Waals surface area contributed by atoms with Gasteiger partial charge >= 0.3 is 12.1 Å². The Morgan fingerprint density at radius 3 is 2.57 bits per heavy atom. The Bertz CT molecular complexity index is 628. The van der Waals surface area contributed by atoms with Crippen LogP contribution < -0.4 is 10.6 Å². The fourth-order valence-corrected chi connectivity index (χ4v) is 3.99. The Hall–Kier alpha value is -2.23. The highest BCUT2D eigenvalue weighted by Crippen LogP contribution is 2.20. The molecular formula is C20H33N3O6S. The molecule has 2 N–H and O–H groups in total. The summed E-state index contributed by atoms with van der Waals surface area (Å²) in [4.78, 5) is 48.1. The number of hydrogen-bond acceptors (Lipinski definition) is 7. The second-order valence-corrected chi connectivity index (χ2v) is 8.39. The van der Waals surface area contributed by atoms with Crippen LogP contribution in [0.1, 0.15) is 40.0 Å². The van der Waals surface area contributed by atoms with E-state index >= 15 is 0 Å². The zero-order chi connectivity index (χ0) is 22.5. The summed E-state index contributed by atoms with van der Waals surface area (Å²) in [6.45, 7) is 9.60. The van der Waals surface area contributed by atoms with Gasteiger partial charge in [-0.05, 0) is 26.7 Å². The van der Waals surface area contributed by atoms with Gasteiger partial charge in [0.1, 0.15) is 13.2 Å². The summed E-state index contributed by atoms with van der Waals surface area (Å²) in [5, 5.41) is 5.37. The highest BCUT2D eigenvalue weighted by molar-refractivity contribution is 7.99. The lowest BCUT2D eigenvalue weighted by Crippen LogP contribution is -2.43. The van der Waals surface area contributed by atoms with Crippen molar-refractivity contribution in [2.45, 2.75) is 52.1 Å². The van der Waals surface area contributed by atoms with Crippen LogP contribution in [-0.4, -0.2) is 78.7 Å². The molecule has 0 radical (unpaired) electrons. The Balaban J connectivity index is 2.26. The number of hydrogen-bond donors (Lipinski definition) is 2. The van der Waals surface area contributed by atoms with Crippen LogP contribution in [0.2, 0.25) is 0 Å². The molecule has 1 aliphatic heterocycles. The molecule has 9 nitrogen and oxygen atoms in total. The van der Waals surface area contributed by atoms with Crippen molar-refractivity contribution in [3.05, 3.63) is 12.2 Å². The van der Waals surface area contributed by atoms with E-state index in [4.69, 9.17) is 9.47 Å². The van der Waals surface area contributed by atoms with Crippen molar-refractivity contribution in [1.82, 2.24) is 15.5 Å². The van der Waals surface area contributed by atoms with E-state index in [0.717, 1.165) is 13.0 Å². The molecule has 0 aliphatic carbocycles. The Morgan fingerprint density at radius 2 is 1.97 bits per heavy atom. The van der Waals surface area contributed by atoms with Crippen LogP contribution in [0.4, 0.5) is 4.79 Å². The number of likely N-dealkylation sites (tertiary alicyclic amines) is 1. The Kier molecular flexibility index (Phi) is 12.0. The normalized spacial score (nSPS) is 15.3. The maximum absolute atomic E-state index is 12.1. The van der Waals surface area contributed by atoms with Crippen LogP contribution in [-0.2, 0) is 23.9 Å². The van der Waals surface area contributed by atoms with Crippen LogP contribution in [0.15, 0.2) is 12.2 Å². The van der Waals surface area contributed by atoms with E-state index in [2.05, 4.69) is 17.2 Å². The zero-order valence-electron chi connectivity index (χ0n) is 18.0. The summed E-state index contributed by atoms with van der Waals surface area (Å²) >= 11 is 1.60. The molecule has 2 atom stereocenters. The number of amides is 3. The summed E-state index contributed by atoms with van der Waals surface area (Å²) in [5.41, 5.74) is 0.301. The average Bonchev–Trinajstić information content (AvgIpc) is 3.08. The first-order chi connectivity index (χ1) is 14.2. The van der Waals surface area contributed by atoms with Crippen molar-refractivity contribution in [1.29, 1.82) is 0 Å². The van der Waals surface area contributed by atoms with Gasteiger partial charge in [0.15, 0.2) is 0 Å². The molecule has 2 unspecified atom stereocenters. The van der Waals surface area contributed by atoms with E-state index in [-0.39, 0.29) is 43.7 Å². The fraction of sp³-hybridized carbons (Fsp3) is 0.700. The molecular weight excluding hydrogens is 410 g/mol. The molecule has 10 heteroatoms. The lowest BCUT2D eigenvalue weighted by atomic mass is 10.1. The number of thioether (sulfide) groups is 1. The molecule has 1 heterocycles. The molecule has 0 aromatic heterocycles. The van der Waals surface area contributed by atoms with Crippen molar-refractivity contribution < 1.29 is 28.7 Å². The van der Waals surface area contributed by atoms with E-state index in [9.17, 15) is 19.2 Å². The third-order valence-electron chi connectivity index (χ3n) is 4.35. The van der Waals surface area contributed by atoms with Crippen molar-refractivity contribution in [2.24, 2.45) is 0 Å². The van der Waals surface area contributed by atoms with Gasteiger partial charge in [-0.15, -0.1) is 0 Å². The second-order valence-electron chi connectivity index (χ2n) is 7.24. The summed E-state index contributed by atoms with van der Waals surface area (Å²) in [7, 11) is 0. The molecule has 0 saturated carbocycles. The summed E-state index contributed by atoms with van der Waals surface area (Å²) in [5.74, 6) is 0.859. The van der Waals surface area contributed by atoms with Crippen LogP contribution in [0.3, 0.4) is 0 Å². The van der Waals surface area contributed by atoms with Gasteiger partial charge in [0.2, 0.25) is 11.8 Å². The minimum atomic E-state index is -0.576. The summed E-state index contributed by atoms with van der Waals surface area (Å²) in [6.07, 6.45) is 1.54. The molecule has 1 aliphatic rings. The fourth-order valence-electron chi connectivity index (χ4n) is 3.04. The highest BCUT2D eigenvalue weighted by atomic mass is 32.2. The minimum absolute atomic E-state index is 0.0255. The maximum Gasteiger partial charge on any atom is 0.407 e. The van der Waals surface area contributed by atoms with E-state index in [0.29, 0.717) is 29.9 Å². The number of carbonyl (C=O) groups excluding carboxylic acids is 4. The van der Waals surface area contributed by atoms with Gasteiger partial charge in [-0.1, -0.05) is 6.58 Å². The topological polar surface area (TPSA) is 114 Å². The molecule has 1 rings (SSSR count). The van der Waals surface area contributed by atoms with E-state index in [1.54, 1.807) is 18.7 Å². The lowest BCUT2D eigenvalue weighted by molar-refractivity contribution is -0.138. The van der Waals surface area contributed by atoms with Crippen LogP contribution in [0.25, 0.3) is 0 Å². The average molecular weight is 444 g/mol. The molecule has 30 heavy (non-hydrogen) atoms. The molecule has 0 bridgehead atoms. The number of esters is 1. The van der Waals surface area contributed by atoms with Crippen molar-refractivity contribution in [3.63, 3.8) is 0 Å². The zero-order valence-corrected chi connectivity index (χ0v) is 18.8. The smallest absolute Gasteiger partial charge is 0.407 e. The number of nitrogens with zero attached hydrogens (tertiary/aromatic N) is 1. The molecule has 1 fully saturated rings. The van der Waals surface area contributed by atoms with Gasteiger partial charge in [0.25, 0.3) is 0 Å². The molecule has 0 spiro atoms. The molecule has 170 valence electrons. The van der Waals surface area contributed by atoms with Crippen LogP contribution >= 0.6 is 11.8 Å². The van der Waals surface area contributed by atoms with Crippen LogP contribution in [0.5, 0.6) is 0 Å². The third-order valence-corrected chi connectivity index (χ3v) is 5.43. The minimum Gasteiger partial charge on any atom is -0.460 e. The van der Waals surface area contributed by atoms with E-state index in [1.165, 1.54) is 6.92 Å². The Morgan fingerprint density at radius 1 is 1.23 bits per heavy atom.